The Labute approximate surface area is 110 Å². The Hall–Kier alpha value is 0.160. The van der Waals surface area contributed by atoms with E-state index in [0.29, 0.717) is 30.8 Å². The Balaban J connectivity index is 2.28. The van der Waals surface area contributed by atoms with Crippen molar-refractivity contribution in [3.8, 4) is 0 Å². The Morgan fingerprint density at radius 2 is 2.18 bits per heavy atom. The van der Waals surface area contributed by atoms with Crippen LogP contribution >= 0.6 is 11.6 Å². The number of alkyl halides is 1. The normalized spacial score (nSPS) is 22.5. The second kappa shape index (κ2) is 6.92. The lowest BCUT2D eigenvalue weighted by molar-refractivity contribution is 0.265. The molecule has 0 aromatic rings. The molecule has 0 amide bonds. The first-order chi connectivity index (χ1) is 7.94. The summed E-state index contributed by atoms with van der Waals surface area (Å²) in [6.45, 7) is 6.98. The van der Waals surface area contributed by atoms with E-state index in [4.69, 9.17) is 11.6 Å². The van der Waals surface area contributed by atoms with Crippen LogP contribution in [0.5, 0.6) is 0 Å². The smallest absolute Gasteiger partial charge is 0.211 e. The maximum atomic E-state index is 11.6. The van der Waals surface area contributed by atoms with Crippen LogP contribution in [0, 0.1) is 5.92 Å². The van der Waals surface area contributed by atoms with Gasteiger partial charge in [-0.15, -0.1) is 11.6 Å². The van der Waals surface area contributed by atoms with Crippen LogP contribution in [0.2, 0.25) is 0 Å². The predicted molar refractivity (Wildman–Crippen MR) is 71.9 cm³/mol. The van der Waals surface area contributed by atoms with Crippen molar-refractivity contribution in [3.63, 3.8) is 0 Å². The second-order valence-corrected chi connectivity index (χ2v) is 7.26. The van der Waals surface area contributed by atoms with Crippen LogP contribution in [0.1, 0.15) is 26.7 Å². The minimum absolute atomic E-state index is 0.136. The monoisotopic (exact) mass is 282 g/mol. The SMILES string of the molecule is CC(C)N1CCC(CNS(=O)(=O)CCCCl)C1. The molecule has 0 aliphatic carbocycles. The summed E-state index contributed by atoms with van der Waals surface area (Å²) in [4.78, 5) is 2.39. The summed E-state index contributed by atoms with van der Waals surface area (Å²) in [5, 5.41) is 0. The Morgan fingerprint density at radius 3 is 2.71 bits per heavy atom. The maximum absolute atomic E-state index is 11.6. The van der Waals surface area contributed by atoms with Gasteiger partial charge in [-0.05, 0) is 39.2 Å². The van der Waals surface area contributed by atoms with Crippen molar-refractivity contribution in [2.75, 3.05) is 31.3 Å². The zero-order valence-corrected chi connectivity index (χ0v) is 12.2. The molecule has 1 unspecified atom stereocenters. The van der Waals surface area contributed by atoms with E-state index in [0.717, 1.165) is 19.5 Å². The standard InChI is InChI=1S/C11H23ClN2O2S/c1-10(2)14-6-4-11(9-14)8-13-17(15,16)7-3-5-12/h10-11,13H,3-9H2,1-2H3. The lowest BCUT2D eigenvalue weighted by atomic mass is 10.1. The lowest BCUT2D eigenvalue weighted by Gasteiger charge is -2.20. The topological polar surface area (TPSA) is 49.4 Å². The largest absolute Gasteiger partial charge is 0.301 e. The fraction of sp³-hybridized carbons (Fsp3) is 1.00. The van der Waals surface area contributed by atoms with Gasteiger partial charge in [0.05, 0.1) is 5.75 Å². The number of sulfonamides is 1. The van der Waals surface area contributed by atoms with E-state index in [2.05, 4.69) is 23.5 Å². The van der Waals surface area contributed by atoms with Gasteiger partial charge in [0.1, 0.15) is 0 Å². The maximum Gasteiger partial charge on any atom is 0.211 e. The van der Waals surface area contributed by atoms with Crippen LogP contribution in [0.25, 0.3) is 0 Å². The van der Waals surface area contributed by atoms with Gasteiger partial charge in [0.25, 0.3) is 0 Å². The van der Waals surface area contributed by atoms with Gasteiger partial charge in [0, 0.05) is 25.0 Å². The highest BCUT2D eigenvalue weighted by Crippen LogP contribution is 2.17. The van der Waals surface area contributed by atoms with Crippen LogP contribution in [-0.2, 0) is 10.0 Å². The van der Waals surface area contributed by atoms with Gasteiger partial charge >= 0.3 is 0 Å². The van der Waals surface area contributed by atoms with E-state index >= 15 is 0 Å². The zero-order valence-electron chi connectivity index (χ0n) is 10.7. The first kappa shape index (κ1) is 15.2. The number of nitrogens with one attached hydrogen (secondary N) is 1. The summed E-state index contributed by atoms with van der Waals surface area (Å²) in [6, 6.07) is 0.549. The molecule has 1 fully saturated rings. The predicted octanol–water partition coefficient (Wildman–Crippen LogP) is 1.26. The molecule has 1 heterocycles. The van der Waals surface area contributed by atoms with E-state index in [9.17, 15) is 8.42 Å². The van der Waals surface area contributed by atoms with Crippen molar-refractivity contribution in [2.24, 2.45) is 5.92 Å². The summed E-state index contributed by atoms with van der Waals surface area (Å²) in [5.74, 6) is 0.978. The molecular weight excluding hydrogens is 260 g/mol. The molecule has 1 N–H and O–H groups in total. The Kier molecular flexibility index (Phi) is 6.20. The molecule has 0 aromatic heterocycles. The lowest BCUT2D eigenvalue weighted by Crippen LogP contribution is -2.34. The number of rotatable bonds is 7. The molecule has 1 rings (SSSR count). The van der Waals surface area contributed by atoms with E-state index < -0.39 is 10.0 Å². The van der Waals surface area contributed by atoms with Crippen molar-refractivity contribution in [3.05, 3.63) is 0 Å². The summed E-state index contributed by atoms with van der Waals surface area (Å²) >= 11 is 5.49. The summed E-state index contributed by atoms with van der Waals surface area (Å²) in [6.07, 6.45) is 1.59. The van der Waals surface area contributed by atoms with Crippen molar-refractivity contribution in [2.45, 2.75) is 32.7 Å². The van der Waals surface area contributed by atoms with Crippen LogP contribution < -0.4 is 4.72 Å². The molecule has 1 saturated heterocycles. The third kappa shape index (κ3) is 5.55. The average Bonchev–Trinajstić information content (AvgIpc) is 2.73. The van der Waals surface area contributed by atoms with Gasteiger partial charge in [0.15, 0.2) is 0 Å². The fourth-order valence-corrected chi connectivity index (χ4v) is 3.51. The van der Waals surface area contributed by atoms with Crippen molar-refractivity contribution in [1.29, 1.82) is 0 Å². The molecule has 102 valence electrons. The third-order valence-corrected chi connectivity index (χ3v) is 4.89. The molecular formula is C11H23ClN2O2S. The van der Waals surface area contributed by atoms with Crippen molar-refractivity contribution >= 4 is 21.6 Å². The van der Waals surface area contributed by atoms with E-state index in [1.807, 2.05) is 0 Å². The van der Waals surface area contributed by atoms with E-state index in [1.165, 1.54) is 0 Å². The molecule has 1 atom stereocenters. The highest BCUT2D eigenvalue weighted by atomic mass is 35.5. The minimum Gasteiger partial charge on any atom is -0.301 e. The van der Waals surface area contributed by atoms with Gasteiger partial charge in [-0.1, -0.05) is 0 Å². The molecule has 0 radical (unpaired) electrons. The molecule has 1 aliphatic rings. The molecule has 0 spiro atoms. The third-order valence-electron chi connectivity index (χ3n) is 3.19. The van der Waals surface area contributed by atoms with Gasteiger partial charge in [0.2, 0.25) is 10.0 Å². The molecule has 0 saturated carbocycles. The van der Waals surface area contributed by atoms with Crippen molar-refractivity contribution < 1.29 is 8.42 Å². The fourth-order valence-electron chi connectivity index (χ4n) is 2.06. The molecule has 17 heavy (non-hydrogen) atoms. The Bertz CT molecular complexity index is 319. The molecule has 0 bridgehead atoms. The van der Waals surface area contributed by atoms with Crippen LogP contribution in [-0.4, -0.2) is 50.6 Å². The number of nitrogens with zero attached hydrogens (tertiary/aromatic N) is 1. The summed E-state index contributed by atoms with van der Waals surface area (Å²) in [7, 11) is -3.12. The molecule has 6 heteroatoms. The first-order valence-corrected chi connectivity index (χ1v) is 8.40. The van der Waals surface area contributed by atoms with Crippen LogP contribution in [0.3, 0.4) is 0 Å². The minimum atomic E-state index is -3.12. The second-order valence-electron chi connectivity index (χ2n) is 4.95. The van der Waals surface area contributed by atoms with Gasteiger partial charge in [-0.3, -0.25) is 0 Å². The Morgan fingerprint density at radius 1 is 1.47 bits per heavy atom. The number of hydrogen-bond acceptors (Lipinski definition) is 3. The molecule has 4 nitrogen and oxygen atoms in total. The van der Waals surface area contributed by atoms with Crippen LogP contribution in [0.4, 0.5) is 0 Å². The number of likely N-dealkylation sites (tertiary alicyclic amines) is 1. The van der Waals surface area contributed by atoms with E-state index in [1.54, 1.807) is 0 Å². The first-order valence-electron chi connectivity index (χ1n) is 6.22. The van der Waals surface area contributed by atoms with Gasteiger partial charge in [-0.25, -0.2) is 13.1 Å². The van der Waals surface area contributed by atoms with Gasteiger partial charge < -0.3 is 4.90 Å². The average molecular weight is 283 g/mol. The zero-order chi connectivity index (χ0) is 12.9. The summed E-state index contributed by atoms with van der Waals surface area (Å²) in [5.41, 5.74) is 0. The summed E-state index contributed by atoms with van der Waals surface area (Å²) < 4.78 is 25.8. The molecule has 0 aromatic carbocycles. The highest BCUT2D eigenvalue weighted by Gasteiger charge is 2.25. The highest BCUT2D eigenvalue weighted by molar-refractivity contribution is 7.89. The number of hydrogen-bond donors (Lipinski definition) is 1. The van der Waals surface area contributed by atoms with E-state index in [-0.39, 0.29) is 5.75 Å². The molecule has 1 aliphatic heterocycles. The van der Waals surface area contributed by atoms with Gasteiger partial charge in [-0.2, -0.15) is 0 Å². The van der Waals surface area contributed by atoms with Crippen LogP contribution in [0.15, 0.2) is 0 Å². The van der Waals surface area contributed by atoms with Crippen molar-refractivity contribution in [1.82, 2.24) is 9.62 Å². The number of halogens is 1. The quantitative estimate of drug-likeness (QED) is 0.716.